The first-order valence-corrected chi connectivity index (χ1v) is 10.6. The Hall–Kier alpha value is -2.56. The van der Waals surface area contributed by atoms with Crippen LogP contribution in [0.25, 0.3) is 33.1 Å². The molecule has 1 heterocycles. The Morgan fingerprint density at radius 2 is 1.45 bits per heavy atom. The molecule has 3 aromatic carbocycles. The molecule has 0 atom stereocenters. The number of aliphatic hydroxyl groups is 2. The molecule has 2 radical (unpaired) electrons. The zero-order valence-electron chi connectivity index (χ0n) is 19.1. The molecule has 31 heavy (non-hydrogen) atoms. The minimum Gasteiger partial charge on any atom is -0.456 e. The van der Waals surface area contributed by atoms with Gasteiger partial charge in [0.25, 0.3) is 0 Å². The summed E-state index contributed by atoms with van der Waals surface area (Å²) in [4.78, 5) is 0. The summed E-state index contributed by atoms with van der Waals surface area (Å²) in [5, 5.41) is 20.6. The number of fused-ring (bicyclic) bond motifs is 7. The second-order valence-electron chi connectivity index (χ2n) is 10.0. The van der Waals surface area contributed by atoms with E-state index in [0.717, 1.165) is 16.6 Å². The largest absolute Gasteiger partial charge is 0.456 e. The number of para-hydroxylation sites is 1. The summed E-state index contributed by atoms with van der Waals surface area (Å²) < 4.78 is 6.06. The highest BCUT2D eigenvalue weighted by molar-refractivity contribution is 6.32. The van der Waals surface area contributed by atoms with Gasteiger partial charge in [-0.05, 0) is 62.1 Å². The van der Waals surface area contributed by atoms with Crippen molar-refractivity contribution in [3.8, 4) is 11.1 Å². The molecule has 0 saturated carbocycles. The van der Waals surface area contributed by atoms with Gasteiger partial charge in [0, 0.05) is 16.2 Å². The van der Waals surface area contributed by atoms with Gasteiger partial charge in [0.15, 0.2) is 0 Å². The van der Waals surface area contributed by atoms with Crippen molar-refractivity contribution in [2.75, 3.05) is 0 Å². The van der Waals surface area contributed by atoms with Crippen LogP contribution in [0.3, 0.4) is 0 Å². The van der Waals surface area contributed by atoms with Gasteiger partial charge in [0.05, 0.1) is 11.2 Å². The summed E-state index contributed by atoms with van der Waals surface area (Å²) in [6.45, 7) is 10.8. The molecule has 158 valence electrons. The molecule has 5 rings (SSSR count). The first kappa shape index (κ1) is 21.7. The van der Waals surface area contributed by atoms with Crippen LogP contribution in [0.15, 0.2) is 59.0 Å². The SMILES string of the molecule is CC(C)(O)C(C)(C)O.[B]c1ccc2c(c1)C(C)(C)c1ccc3oc4ccccc4c3c1-2. The third-order valence-electron chi connectivity index (χ3n) is 6.70. The summed E-state index contributed by atoms with van der Waals surface area (Å²) >= 11 is 0. The fourth-order valence-corrected chi connectivity index (χ4v) is 4.06. The van der Waals surface area contributed by atoms with Crippen LogP contribution in [-0.2, 0) is 5.41 Å². The molecule has 0 saturated heterocycles. The molecule has 0 unspecified atom stereocenters. The molecule has 0 amide bonds. The van der Waals surface area contributed by atoms with Crippen LogP contribution in [-0.4, -0.2) is 29.3 Å². The van der Waals surface area contributed by atoms with Crippen molar-refractivity contribution < 1.29 is 14.6 Å². The first-order chi connectivity index (χ1) is 14.3. The normalized spacial score (nSPS) is 14.8. The van der Waals surface area contributed by atoms with Gasteiger partial charge in [-0.25, -0.2) is 0 Å². The predicted molar refractivity (Wildman–Crippen MR) is 129 cm³/mol. The molecule has 1 aliphatic carbocycles. The molecule has 3 nitrogen and oxygen atoms in total. The molecule has 2 N–H and O–H groups in total. The highest BCUT2D eigenvalue weighted by Crippen LogP contribution is 2.52. The van der Waals surface area contributed by atoms with Gasteiger partial charge in [-0.3, -0.25) is 0 Å². The number of furan rings is 1. The Kier molecular flexibility index (Phi) is 4.88. The van der Waals surface area contributed by atoms with Crippen LogP contribution < -0.4 is 5.46 Å². The van der Waals surface area contributed by atoms with Crippen LogP contribution in [0.5, 0.6) is 0 Å². The van der Waals surface area contributed by atoms with Gasteiger partial charge >= 0.3 is 0 Å². The lowest BCUT2D eigenvalue weighted by atomic mass is 9.80. The van der Waals surface area contributed by atoms with E-state index >= 15 is 0 Å². The topological polar surface area (TPSA) is 53.6 Å². The van der Waals surface area contributed by atoms with E-state index in [9.17, 15) is 0 Å². The molecule has 0 bridgehead atoms. The maximum Gasteiger partial charge on any atom is 0.136 e. The Balaban J connectivity index is 0.000000250. The van der Waals surface area contributed by atoms with Crippen LogP contribution >= 0.6 is 0 Å². The van der Waals surface area contributed by atoms with Gasteiger partial charge in [0.2, 0.25) is 0 Å². The predicted octanol–water partition coefficient (Wildman–Crippen LogP) is 5.21. The number of hydrogen-bond acceptors (Lipinski definition) is 3. The van der Waals surface area contributed by atoms with Crippen molar-refractivity contribution >= 4 is 35.2 Å². The van der Waals surface area contributed by atoms with Crippen molar-refractivity contribution in [1.29, 1.82) is 0 Å². The van der Waals surface area contributed by atoms with Gasteiger partial charge < -0.3 is 14.6 Å². The summed E-state index contributed by atoms with van der Waals surface area (Å²) in [5.74, 6) is 0. The van der Waals surface area contributed by atoms with Crippen LogP contribution in [0.4, 0.5) is 0 Å². The zero-order chi connectivity index (χ0) is 22.8. The monoisotopic (exact) mass is 412 g/mol. The lowest BCUT2D eigenvalue weighted by Crippen LogP contribution is -2.44. The lowest BCUT2D eigenvalue weighted by Gasteiger charge is -2.31. The van der Waals surface area contributed by atoms with Gasteiger partial charge in [-0.2, -0.15) is 0 Å². The van der Waals surface area contributed by atoms with Crippen LogP contribution in [0.1, 0.15) is 52.7 Å². The Bertz CT molecular complexity index is 1270. The Morgan fingerprint density at radius 3 is 2.10 bits per heavy atom. The van der Waals surface area contributed by atoms with Crippen molar-refractivity contribution in [3.05, 3.63) is 65.7 Å². The summed E-state index contributed by atoms with van der Waals surface area (Å²) in [7, 11) is 6.05. The number of benzene rings is 3. The molecule has 1 aliphatic rings. The number of rotatable bonds is 1. The van der Waals surface area contributed by atoms with E-state index in [-0.39, 0.29) is 5.41 Å². The molecule has 0 spiro atoms. The molecular weight excluding hydrogens is 383 g/mol. The van der Waals surface area contributed by atoms with E-state index in [2.05, 4.69) is 50.2 Å². The fraction of sp³-hybridized carbons (Fsp3) is 0.333. The highest BCUT2D eigenvalue weighted by atomic mass is 16.3. The minimum absolute atomic E-state index is 0.0490. The van der Waals surface area contributed by atoms with Crippen molar-refractivity contribution in [3.63, 3.8) is 0 Å². The highest BCUT2D eigenvalue weighted by Gasteiger charge is 2.37. The third-order valence-corrected chi connectivity index (χ3v) is 6.70. The quantitative estimate of drug-likeness (QED) is 0.422. The summed E-state index contributed by atoms with van der Waals surface area (Å²) in [6, 6.07) is 18.8. The second kappa shape index (κ2) is 6.98. The van der Waals surface area contributed by atoms with Gasteiger partial charge in [-0.1, -0.05) is 61.8 Å². The fourth-order valence-electron chi connectivity index (χ4n) is 4.06. The maximum atomic E-state index is 9.10. The average Bonchev–Trinajstić information content (AvgIpc) is 3.14. The molecule has 0 fully saturated rings. The van der Waals surface area contributed by atoms with Gasteiger partial charge in [0.1, 0.15) is 19.0 Å². The molecule has 4 aromatic rings. The van der Waals surface area contributed by atoms with E-state index in [1.54, 1.807) is 27.7 Å². The Morgan fingerprint density at radius 1 is 0.806 bits per heavy atom. The summed E-state index contributed by atoms with van der Waals surface area (Å²) in [5.41, 5.74) is 5.86. The number of hydrogen-bond donors (Lipinski definition) is 2. The molecule has 4 heteroatoms. The van der Waals surface area contributed by atoms with E-state index in [1.165, 1.54) is 33.0 Å². The second-order valence-corrected chi connectivity index (χ2v) is 10.0. The van der Waals surface area contributed by atoms with Gasteiger partial charge in [-0.15, -0.1) is 0 Å². The van der Waals surface area contributed by atoms with Crippen molar-refractivity contribution in [2.45, 2.75) is 58.2 Å². The maximum absolute atomic E-state index is 9.10. The standard InChI is InChI=1S/C21H15BO.C6H14O2/c1-21(2)15-9-10-18-20(14-5-3-4-6-17(14)23-18)19(15)13-8-7-12(22)11-16(13)21;1-5(2,7)6(3,4)8/h3-11H,1-2H3;7-8H,1-4H3. The smallest absolute Gasteiger partial charge is 0.136 e. The summed E-state index contributed by atoms with van der Waals surface area (Å²) in [6.07, 6.45) is 0. The minimum atomic E-state index is -1.01. The third kappa shape index (κ3) is 3.48. The van der Waals surface area contributed by atoms with E-state index in [4.69, 9.17) is 22.5 Å². The van der Waals surface area contributed by atoms with E-state index < -0.39 is 11.2 Å². The van der Waals surface area contributed by atoms with Crippen LogP contribution in [0.2, 0.25) is 0 Å². The first-order valence-electron chi connectivity index (χ1n) is 10.6. The lowest BCUT2D eigenvalue weighted by molar-refractivity contribution is -0.107. The van der Waals surface area contributed by atoms with E-state index in [0.29, 0.717) is 0 Å². The molecular formula is C27H29BO3. The average molecular weight is 412 g/mol. The Labute approximate surface area is 185 Å². The molecule has 0 aliphatic heterocycles. The zero-order valence-corrected chi connectivity index (χ0v) is 19.1. The van der Waals surface area contributed by atoms with Crippen molar-refractivity contribution in [2.24, 2.45) is 0 Å². The van der Waals surface area contributed by atoms with Crippen LogP contribution in [0, 0.1) is 0 Å². The van der Waals surface area contributed by atoms with Crippen molar-refractivity contribution in [1.82, 2.24) is 0 Å². The van der Waals surface area contributed by atoms with E-state index in [1.807, 2.05) is 18.2 Å². The molecule has 1 aromatic heterocycles.